The quantitative estimate of drug-likeness (QED) is 0.480. The number of unbranched alkanes of at least 4 members (excludes halogenated alkanes) is 1. The third-order valence-electron chi connectivity index (χ3n) is 2.01. The number of carboxylic acids is 2. The Bertz CT molecular complexity index is 297. The van der Waals surface area contributed by atoms with Gasteiger partial charge in [-0.05, 0) is 26.8 Å². The van der Waals surface area contributed by atoms with E-state index in [4.69, 9.17) is 10.2 Å². The van der Waals surface area contributed by atoms with Gasteiger partial charge in [0.25, 0.3) is 0 Å². The summed E-state index contributed by atoms with van der Waals surface area (Å²) in [6.45, 7) is 9.61. The minimum Gasteiger partial charge on any atom is -0.478 e. The van der Waals surface area contributed by atoms with Gasteiger partial charge in [0.1, 0.15) is 0 Å². The Labute approximate surface area is 108 Å². The summed E-state index contributed by atoms with van der Waals surface area (Å²) >= 11 is 0. The van der Waals surface area contributed by atoms with Crippen LogP contribution in [0, 0.1) is 0 Å². The van der Waals surface area contributed by atoms with Crippen LogP contribution in [0.2, 0.25) is 0 Å². The molecule has 0 radical (unpaired) electrons. The van der Waals surface area contributed by atoms with Crippen molar-refractivity contribution < 1.29 is 19.8 Å². The Hall–Kier alpha value is -1.62. The Morgan fingerprint density at radius 1 is 1.39 bits per heavy atom. The molecule has 0 spiro atoms. The molecule has 0 aromatic carbocycles. The van der Waals surface area contributed by atoms with Gasteiger partial charge in [0, 0.05) is 17.7 Å². The van der Waals surface area contributed by atoms with Gasteiger partial charge in [-0.1, -0.05) is 26.0 Å². The van der Waals surface area contributed by atoms with Crippen molar-refractivity contribution >= 4 is 11.9 Å². The first kappa shape index (κ1) is 18.7. The van der Waals surface area contributed by atoms with E-state index in [0.717, 1.165) is 25.5 Å². The molecule has 0 aromatic rings. The maximum Gasteiger partial charge on any atom is 0.331 e. The van der Waals surface area contributed by atoms with Crippen molar-refractivity contribution in [3.05, 3.63) is 24.3 Å². The van der Waals surface area contributed by atoms with Crippen molar-refractivity contribution in [1.82, 2.24) is 5.32 Å². The zero-order valence-corrected chi connectivity index (χ0v) is 11.3. The molecule has 0 amide bonds. The summed E-state index contributed by atoms with van der Waals surface area (Å²) in [5, 5.41) is 19.4. The number of carboxylic acid groups (broad SMARTS) is 2. The van der Waals surface area contributed by atoms with Crippen molar-refractivity contribution in [1.29, 1.82) is 0 Å². The Morgan fingerprint density at radius 3 is 2.22 bits per heavy atom. The summed E-state index contributed by atoms with van der Waals surface area (Å²) in [6.07, 6.45) is 4.85. The van der Waals surface area contributed by atoms with Gasteiger partial charge in [-0.3, -0.25) is 0 Å². The molecule has 18 heavy (non-hydrogen) atoms. The monoisotopic (exact) mass is 257 g/mol. The molecule has 0 saturated carbocycles. The topological polar surface area (TPSA) is 86.6 Å². The maximum atomic E-state index is 10.5. The van der Waals surface area contributed by atoms with Crippen molar-refractivity contribution in [2.24, 2.45) is 0 Å². The van der Waals surface area contributed by atoms with Crippen molar-refractivity contribution in [3.8, 4) is 0 Å². The number of carbonyl (C=O) groups is 2. The molecule has 1 atom stereocenters. The van der Waals surface area contributed by atoms with Crippen LogP contribution < -0.4 is 5.32 Å². The van der Waals surface area contributed by atoms with E-state index < -0.39 is 11.9 Å². The Kier molecular flexibility index (Phi) is 12.3. The third kappa shape index (κ3) is 14.4. The fraction of sp³-hybridized carbons (Fsp3) is 0.538. The van der Waals surface area contributed by atoms with Crippen LogP contribution in [-0.2, 0) is 9.59 Å². The predicted molar refractivity (Wildman–Crippen MR) is 71.6 cm³/mol. The van der Waals surface area contributed by atoms with E-state index in [9.17, 15) is 9.59 Å². The summed E-state index contributed by atoms with van der Waals surface area (Å²) in [5.74, 6) is -1.82. The highest BCUT2D eigenvalue weighted by Gasteiger charge is 2.02. The second-order valence-corrected chi connectivity index (χ2v) is 3.79. The summed E-state index contributed by atoms with van der Waals surface area (Å²) in [7, 11) is 0. The molecule has 0 fully saturated rings. The SMILES string of the molecule is C=CC(=O)O.CCCCNC(C)C=C(C)C(=O)O. The first-order valence-electron chi connectivity index (χ1n) is 5.85. The summed E-state index contributed by atoms with van der Waals surface area (Å²) in [4.78, 5) is 19.7. The first-order valence-corrected chi connectivity index (χ1v) is 5.85. The molecule has 0 aliphatic rings. The summed E-state index contributed by atoms with van der Waals surface area (Å²) in [5.41, 5.74) is 0.400. The molecule has 0 aliphatic heterocycles. The van der Waals surface area contributed by atoms with E-state index in [-0.39, 0.29) is 6.04 Å². The lowest BCUT2D eigenvalue weighted by molar-refractivity contribution is -0.133. The van der Waals surface area contributed by atoms with Gasteiger partial charge in [0.15, 0.2) is 0 Å². The summed E-state index contributed by atoms with van der Waals surface area (Å²) < 4.78 is 0. The lowest BCUT2D eigenvalue weighted by atomic mass is 10.2. The van der Waals surface area contributed by atoms with Crippen LogP contribution in [0.4, 0.5) is 0 Å². The minimum atomic E-state index is -0.981. The largest absolute Gasteiger partial charge is 0.478 e. The predicted octanol–water partition coefficient (Wildman–Crippen LogP) is 2.05. The zero-order chi connectivity index (χ0) is 14.6. The number of nitrogens with one attached hydrogen (secondary N) is 1. The Balaban J connectivity index is 0. The van der Waals surface area contributed by atoms with Crippen LogP contribution >= 0.6 is 0 Å². The van der Waals surface area contributed by atoms with Gasteiger partial charge in [-0.2, -0.15) is 0 Å². The second-order valence-electron chi connectivity index (χ2n) is 3.79. The van der Waals surface area contributed by atoms with Crippen molar-refractivity contribution in [2.45, 2.75) is 39.7 Å². The standard InChI is InChI=1S/C10H19NO2.C3H4O2/c1-4-5-6-11-9(3)7-8(2)10(12)13;1-2-3(4)5/h7,9,11H,4-6H2,1-3H3,(H,12,13);2H,1H2,(H,4,5). The molecule has 0 aromatic heterocycles. The van der Waals surface area contributed by atoms with E-state index in [2.05, 4.69) is 18.8 Å². The normalized spacial score (nSPS) is 12.1. The average molecular weight is 257 g/mol. The minimum absolute atomic E-state index is 0.141. The van der Waals surface area contributed by atoms with Gasteiger partial charge in [0.05, 0.1) is 0 Å². The highest BCUT2D eigenvalue weighted by Crippen LogP contribution is 1.96. The van der Waals surface area contributed by atoms with E-state index in [1.807, 2.05) is 6.92 Å². The molecular weight excluding hydrogens is 234 g/mol. The third-order valence-corrected chi connectivity index (χ3v) is 2.01. The zero-order valence-electron chi connectivity index (χ0n) is 11.3. The lowest BCUT2D eigenvalue weighted by Gasteiger charge is -2.09. The van der Waals surface area contributed by atoms with E-state index in [1.165, 1.54) is 0 Å². The number of hydrogen-bond donors (Lipinski definition) is 3. The van der Waals surface area contributed by atoms with Crippen LogP contribution in [0.5, 0.6) is 0 Å². The second kappa shape index (κ2) is 11.9. The molecule has 0 bridgehead atoms. The van der Waals surface area contributed by atoms with Gasteiger partial charge in [0.2, 0.25) is 0 Å². The molecule has 0 rings (SSSR count). The summed E-state index contributed by atoms with van der Waals surface area (Å²) in [6, 6.07) is 0.141. The van der Waals surface area contributed by atoms with Crippen LogP contribution in [0.15, 0.2) is 24.3 Å². The molecular formula is C13H23NO4. The molecule has 104 valence electrons. The average Bonchev–Trinajstić information content (AvgIpc) is 2.29. The van der Waals surface area contributed by atoms with E-state index in [0.29, 0.717) is 5.57 Å². The smallest absolute Gasteiger partial charge is 0.331 e. The highest BCUT2D eigenvalue weighted by molar-refractivity contribution is 5.85. The number of aliphatic carboxylic acids is 2. The first-order chi connectivity index (χ1) is 8.34. The molecule has 0 heterocycles. The van der Waals surface area contributed by atoms with E-state index in [1.54, 1.807) is 13.0 Å². The maximum absolute atomic E-state index is 10.5. The molecule has 0 aliphatic carbocycles. The fourth-order valence-corrected chi connectivity index (χ4v) is 1.01. The molecule has 1 unspecified atom stereocenters. The van der Waals surface area contributed by atoms with Gasteiger partial charge >= 0.3 is 11.9 Å². The number of rotatable bonds is 7. The van der Waals surface area contributed by atoms with Crippen LogP contribution in [0.3, 0.4) is 0 Å². The van der Waals surface area contributed by atoms with Gasteiger partial charge in [-0.15, -0.1) is 0 Å². The molecule has 0 saturated heterocycles. The number of hydrogen-bond acceptors (Lipinski definition) is 3. The van der Waals surface area contributed by atoms with Crippen molar-refractivity contribution in [2.75, 3.05) is 6.54 Å². The van der Waals surface area contributed by atoms with Crippen LogP contribution in [0.25, 0.3) is 0 Å². The van der Waals surface area contributed by atoms with E-state index >= 15 is 0 Å². The van der Waals surface area contributed by atoms with Gasteiger partial charge < -0.3 is 15.5 Å². The molecule has 5 nitrogen and oxygen atoms in total. The van der Waals surface area contributed by atoms with Crippen LogP contribution in [0.1, 0.15) is 33.6 Å². The highest BCUT2D eigenvalue weighted by atomic mass is 16.4. The fourth-order valence-electron chi connectivity index (χ4n) is 1.01. The Morgan fingerprint density at radius 2 is 1.89 bits per heavy atom. The van der Waals surface area contributed by atoms with Crippen molar-refractivity contribution in [3.63, 3.8) is 0 Å². The van der Waals surface area contributed by atoms with Crippen LogP contribution in [-0.4, -0.2) is 34.7 Å². The van der Waals surface area contributed by atoms with Gasteiger partial charge in [-0.25, -0.2) is 9.59 Å². The molecule has 3 N–H and O–H groups in total. The molecule has 5 heteroatoms. The lowest BCUT2D eigenvalue weighted by Crippen LogP contribution is -2.25.